The van der Waals surface area contributed by atoms with E-state index in [9.17, 15) is 43.2 Å². The first-order chi connectivity index (χ1) is 66.7. The zero-order valence-corrected chi connectivity index (χ0v) is 91.8. The van der Waals surface area contributed by atoms with Gasteiger partial charge in [0, 0.05) is 67.9 Å². The highest BCUT2D eigenvalue weighted by Crippen LogP contribution is 2.60. The molecule has 6 N–H and O–H groups in total. The van der Waals surface area contributed by atoms with Gasteiger partial charge in [-0.25, -0.2) is 71.7 Å². The van der Waals surface area contributed by atoms with E-state index >= 15 is 13.2 Å². The SMILES string of the molecule is CCCCCCCCCCCCCCCCOCC(COP(=O)(O)OC[C@H]1O[C@@H](n2cnc3c(NC)nc(C)nc32)[C@](C)(F)[C@@H]1O)OCCCCCCCCCCCCCCCC.CNc1nc(C)nc2c1ncn2[C@@H]1O[C@@H]2COP(=O)(OCCSC(=O)C(C)(C)C)O[C@H]2[C@@]1(C)F.CNc1nc(C)nc2c1ncn2[C@@H]1O[C@H](COP(=O)(OCCSC(=O)C(C)(C)C)OCCSC(=O)C(C)(C)C)[C@@H](O)[C@@]1(C)F. The van der Waals surface area contributed by atoms with E-state index in [1.807, 2.05) is 20.8 Å². The summed E-state index contributed by atoms with van der Waals surface area (Å²) in [7, 11) is -7.90. The smallest absolute Gasteiger partial charge is 0.387 e. The molecule has 802 valence electrons. The summed E-state index contributed by atoms with van der Waals surface area (Å²) >= 11 is 3.12. The molecule has 4 saturated heterocycles. The zero-order chi connectivity index (χ0) is 104. The van der Waals surface area contributed by atoms with Gasteiger partial charge in [0.15, 0.2) is 102 Å². The molecule has 0 bridgehead atoms. The molecule has 0 radical (unpaired) electrons. The number of imidazole rings is 3. The van der Waals surface area contributed by atoms with Crippen LogP contribution in [0, 0.1) is 37.0 Å². The number of nitrogens with zero attached hydrogens (tertiary/aromatic N) is 12. The first-order valence-electron chi connectivity index (χ1n) is 50.2. The Bertz CT molecular complexity index is 4940. The van der Waals surface area contributed by atoms with Gasteiger partial charge in [0.2, 0.25) is 0 Å². The van der Waals surface area contributed by atoms with Gasteiger partial charge in [0.05, 0.1) is 71.8 Å². The third-order valence-electron chi connectivity index (χ3n) is 24.4. The van der Waals surface area contributed by atoms with Crippen molar-refractivity contribution in [3.8, 4) is 0 Å². The van der Waals surface area contributed by atoms with Gasteiger partial charge < -0.3 is 54.7 Å². The molecule has 6 aromatic heterocycles. The zero-order valence-electron chi connectivity index (χ0n) is 86.7. The number of alkyl halides is 3. The molecule has 0 aromatic carbocycles. The van der Waals surface area contributed by atoms with Gasteiger partial charge in [0.25, 0.3) is 0 Å². The summed E-state index contributed by atoms with van der Waals surface area (Å²) in [4.78, 5) is 86.3. The number of halogens is 3. The minimum absolute atomic E-state index is 0.0173. The van der Waals surface area contributed by atoms with Gasteiger partial charge in [-0.2, -0.15) is 0 Å². The molecule has 0 amide bonds. The monoisotopic (exact) mass is 2110 g/mol. The fourth-order valence-electron chi connectivity index (χ4n) is 16.2. The van der Waals surface area contributed by atoms with Crippen LogP contribution in [0.4, 0.5) is 30.6 Å². The van der Waals surface area contributed by atoms with E-state index in [4.69, 9.17) is 59.9 Å². The van der Waals surface area contributed by atoms with Crippen molar-refractivity contribution >= 4 is 125 Å². The number of carbonyl (C=O) groups excluding carboxylic acids is 3. The molecular weight excluding hydrogens is 1950 g/mol. The number of phosphoric ester groups is 3. The van der Waals surface area contributed by atoms with E-state index < -0.39 is 131 Å². The van der Waals surface area contributed by atoms with Crippen LogP contribution < -0.4 is 16.0 Å². The second-order valence-corrected chi connectivity index (χ2v) is 47.9. The molecule has 15 atom stereocenters. The Balaban J connectivity index is 0.000000272. The molecule has 10 rings (SSSR count). The number of hydrogen-bond acceptors (Lipinski definition) is 36. The highest BCUT2D eigenvalue weighted by Gasteiger charge is 2.63. The molecule has 10 heterocycles. The van der Waals surface area contributed by atoms with Gasteiger partial charge in [-0.15, -0.1) is 0 Å². The van der Waals surface area contributed by atoms with Crippen molar-refractivity contribution in [3.63, 3.8) is 0 Å². The molecule has 6 aromatic rings. The van der Waals surface area contributed by atoms with Crippen LogP contribution in [-0.2, 0) is 88.0 Å². The molecule has 4 aliphatic heterocycles. The first kappa shape index (κ1) is 121. The third-order valence-corrected chi connectivity index (χ3v) is 32.0. The summed E-state index contributed by atoms with van der Waals surface area (Å²) in [6.07, 6.45) is 27.6. The van der Waals surface area contributed by atoms with E-state index in [0.29, 0.717) is 81.6 Å². The number of carbonyl (C=O) groups is 3. The Hall–Kier alpha value is -5.05. The summed E-state index contributed by atoms with van der Waals surface area (Å²) in [5, 5.41) is 30.5. The van der Waals surface area contributed by atoms with Crippen molar-refractivity contribution in [3.05, 3.63) is 36.5 Å². The lowest BCUT2D eigenvalue weighted by Crippen LogP contribution is -2.44. The number of phosphoric acid groups is 3. The third kappa shape index (κ3) is 37.0. The molecule has 37 nitrogen and oxygen atoms in total. The molecule has 4 aliphatic rings. The number of aliphatic hydroxyl groups excluding tert-OH is 2. The maximum Gasteiger partial charge on any atom is 0.475 e. The topological polar surface area (TPSA) is 450 Å². The van der Waals surface area contributed by atoms with Crippen LogP contribution >= 0.6 is 58.8 Å². The van der Waals surface area contributed by atoms with Gasteiger partial charge in [-0.3, -0.25) is 64.3 Å². The molecular formula is C95H161F3N15O22P3S3. The number of hydrogen-bond donors (Lipinski definition) is 6. The van der Waals surface area contributed by atoms with Crippen molar-refractivity contribution in [2.24, 2.45) is 16.2 Å². The number of nitrogens with one attached hydrogen (secondary N) is 3. The standard InChI is InChI=1S/C48H89FN5O8P.C27H43FN5O8PS2.C20H29FN5O6PS/c1-6-8-10-12-14-16-18-20-22-24-26-28-30-32-34-58-36-41(59-35-33-31-29-27-25-23-21-19-17-15-13-11-9-7-2)37-60-63(56,57)61-38-42-44(55)48(4,49)47(62-42)54-39-51-43-45(50-5)52-40(3)53-46(43)54;1-16-31-20(29-9)18-21(32-16)33(15-30-18)22-27(8,28)19(34)17(41-22)14-40-42(37,38-10-12-43-23(35)25(2,3)4)39-11-13-44-24(36)26(5,6)7;1-11-24-15(22-6)13-16(25-11)26(10-23-13)17-20(5,21)14-12(31-17)9-30-33(28,32-14)29-7-8-34-18(27)19(2,3)4/h39,41-42,44,47,55H,6-38H2,1-5H3,(H,56,57)(H,50,52,53);15,17,19,22,34H,10-14H2,1-9H3,(H,29,31,32);10,12,14,17H,7-9H2,1-6H3,(H,22,24,25)/t41?,42-,44-,47-,48-;17-,19-,22-,27-;12-,14-,17-,20-,33?/m111/s1. The highest BCUT2D eigenvalue weighted by molar-refractivity contribution is 8.14. The highest BCUT2D eigenvalue weighted by atomic mass is 32.2. The molecule has 141 heavy (non-hydrogen) atoms. The number of aliphatic hydroxyl groups is 2. The van der Waals surface area contributed by atoms with Crippen LogP contribution in [-0.4, -0.2) is 253 Å². The molecule has 0 saturated carbocycles. The largest absolute Gasteiger partial charge is 0.475 e. The van der Waals surface area contributed by atoms with E-state index in [1.54, 1.807) is 83.5 Å². The molecule has 46 heteroatoms. The average molecular weight is 2110 g/mol. The lowest BCUT2D eigenvalue weighted by Gasteiger charge is -2.33. The number of thioether (sulfide) groups is 3. The van der Waals surface area contributed by atoms with Crippen LogP contribution in [0.3, 0.4) is 0 Å². The number of anilines is 3. The Morgan fingerprint density at radius 1 is 0.482 bits per heavy atom. The van der Waals surface area contributed by atoms with Crippen molar-refractivity contribution in [1.29, 1.82) is 0 Å². The van der Waals surface area contributed by atoms with Gasteiger partial charge in [0.1, 0.15) is 60.2 Å². The van der Waals surface area contributed by atoms with Gasteiger partial charge >= 0.3 is 23.5 Å². The lowest BCUT2D eigenvalue weighted by molar-refractivity contribution is -0.118. The van der Waals surface area contributed by atoms with Gasteiger partial charge in [-0.05, 0) is 54.4 Å². The average Bonchev–Trinajstić information content (AvgIpc) is 1.57. The second-order valence-electron chi connectivity index (χ2n) is 40.0. The predicted molar refractivity (Wildman–Crippen MR) is 545 cm³/mol. The number of ether oxygens (including phenoxy) is 5. The maximum absolute atomic E-state index is 16.1. The molecule has 4 fully saturated rings. The van der Waals surface area contributed by atoms with E-state index in [-0.39, 0.29) is 72.2 Å². The minimum atomic E-state index is -4.65. The predicted octanol–water partition coefficient (Wildman–Crippen LogP) is 21.2. The normalized spacial score (nSPS) is 23.9. The molecule has 0 spiro atoms. The summed E-state index contributed by atoms with van der Waals surface area (Å²) in [6.45, 7) is 28.9. The number of rotatable bonds is 60. The first-order valence-corrected chi connectivity index (χ1v) is 57.6. The van der Waals surface area contributed by atoms with Gasteiger partial charge in [-0.1, -0.05) is 278 Å². The maximum atomic E-state index is 16.1. The summed E-state index contributed by atoms with van der Waals surface area (Å²) < 4.78 is 165. The fraction of sp³-hybridized carbons (Fsp3) is 0.811. The number of aryl methyl sites for hydroxylation is 3. The van der Waals surface area contributed by atoms with Crippen molar-refractivity contribution in [2.45, 2.75) is 376 Å². The van der Waals surface area contributed by atoms with Crippen LogP contribution in [0.1, 0.15) is 313 Å². The van der Waals surface area contributed by atoms with Crippen LogP contribution in [0.2, 0.25) is 0 Å². The van der Waals surface area contributed by atoms with E-state index in [0.717, 1.165) is 67.4 Å². The minimum Gasteiger partial charge on any atom is -0.387 e. The van der Waals surface area contributed by atoms with Crippen LogP contribution in [0.25, 0.3) is 33.5 Å². The van der Waals surface area contributed by atoms with Crippen LogP contribution in [0.5, 0.6) is 0 Å². The number of aromatic nitrogens is 12. The lowest BCUT2D eigenvalue weighted by atomic mass is 9.98. The summed E-state index contributed by atoms with van der Waals surface area (Å²) in [5.41, 5.74) is -6.08. The van der Waals surface area contributed by atoms with Crippen molar-refractivity contribution in [1.82, 2.24) is 58.6 Å². The van der Waals surface area contributed by atoms with E-state index in [1.165, 1.54) is 201 Å². The molecule has 0 aliphatic carbocycles. The van der Waals surface area contributed by atoms with Crippen molar-refractivity contribution in [2.75, 3.05) is 120 Å². The van der Waals surface area contributed by atoms with Crippen LogP contribution in [0.15, 0.2) is 19.0 Å². The molecule has 3 unspecified atom stereocenters. The Labute approximate surface area is 844 Å². The Morgan fingerprint density at radius 3 is 1.18 bits per heavy atom. The quantitative estimate of drug-likeness (QED) is 0.0152. The van der Waals surface area contributed by atoms with Crippen molar-refractivity contribution < 1.29 is 116 Å². The number of fused-ring (bicyclic) bond motifs is 4. The summed E-state index contributed by atoms with van der Waals surface area (Å²) in [6, 6.07) is 0. The summed E-state index contributed by atoms with van der Waals surface area (Å²) in [5.74, 6) is 3.39. The van der Waals surface area contributed by atoms with E-state index in [2.05, 4.69) is 74.7 Å². The Kier molecular flexibility index (Phi) is 49.5. The fourth-order valence-corrected chi connectivity index (χ4v) is 22.3. The Morgan fingerprint density at radius 2 is 0.823 bits per heavy atom. The number of unbranched alkanes of at least 4 members (excludes halogenated alkanes) is 26. The second kappa shape index (κ2) is 57.6.